The summed E-state index contributed by atoms with van der Waals surface area (Å²) in [5.74, 6) is 0.457. The van der Waals surface area contributed by atoms with Gasteiger partial charge in [-0.2, -0.15) is 0 Å². The van der Waals surface area contributed by atoms with Crippen LogP contribution in [0.5, 0.6) is 0 Å². The molecule has 0 saturated carbocycles. The predicted octanol–water partition coefficient (Wildman–Crippen LogP) is 3.88. The maximum Gasteiger partial charge on any atom is 0.275 e. The molecule has 0 amide bonds. The quantitative estimate of drug-likeness (QED) is 0.576. The molecular weight excluding hydrogens is 339 g/mol. The summed E-state index contributed by atoms with van der Waals surface area (Å²) in [6, 6.07) is 5.31. The Labute approximate surface area is 139 Å². The van der Waals surface area contributed by atoms with Crippen LogP contribution >= 0.6 is 23.2 Å². The molecule has 23 heavy (non-hydrogen) atoms. The second-order valence-electron chi connectivity index (χ2n) is 4.83. The van der Waals surface area contributed by atoms with Crippen LogP contribution in [-0.2, 0) is 0 Å². The minimum atomic E-state index is -0.261. The number of nitrogens with zero attached hydrogens (tertiary/aromatic N) is 2. The fourth-order valence-corrected chi connectivity index (χ4v) is 2.86. The number of rotatable bonds is 2. The molecule has 0 atom stereocenters. The van der Waals surface area contributed by atoms with Crippen molar-refractivity contribution in [3.63, 3.8) is 0 Å². The van der Waals surface area contributed by atoms with Gasteiger partial charge in [0.25, 0.3) is 5.56 Å². The van der Waals surface area contributed by atoms with Crippen molar-refractivity contribution in [3.8, 4) is 22.5 Å². The van der Waals surface area contributed by atoms with Gasteiger partial charge in [0.05, 0.1) is 33.7 Å². The molecule has 4 rings (SSSR count). The Morgan fingerprint density at radius 3 is 2.83 bits per heavy atom. The van der Waals surface area contributed by atoms with Crippen molar-refractivity contribution >= 4 is 34.2 Å². The maximum atomic E-state index is 11.8. The molecule has 3 heterocycles. The van der Waals surface area contributed by atoms with Crippen molar-refractivity contribution in [3.05, 3.63) is 57.3 Å². The molecule has 0 aliphatic carbocycles. The van der Waals surface area contributed by atoms with Crippen LogP contribution in [0.1, 0.15) is 0 Å². The molecule has 0 bridgehead atoms. The van der Waals surface area contributed by atoms with E-state index in [9.17, 15) is 4.79 Å². The van der Waals surface area contributed by atoms with Gasteiger partial charge in [0.2, 0.25) is 0 Å². The van der Waals surface area contributed by atoms with Gasteiger partial charge in [-0.25, -0.2) is 4.98 Å². The van der Waals surface area contributed by atoms with Crippen LogP contribution in [0.3, 0.4) is 0 Å². The normalized spacial score (nSPS) is 11.2. The molecule has 0 spiro atoms. The first-order valence-corrected chi connectivity index (χ1v) is 7.36. The second kappa shape index (κ2) is 5.26. The van der Waals surface area contributed by atoms with Crippen molar-refractivity contribution < 1.29 is 4.52 Å². The fourth-order valence-electron chi connectivity index (χ4n) is 2.46. The first-order valence-electron chi connectivity index (χ1n) is 6.61. The van der Waals surface area contributed by atoms with Gasteiger partial charge in [0.1, 0.15) is 11.0 Å². The number of H-pyrrole nitrogens is 2. The molecule has 114 valence electrons. The molecular formula is C15H8Cl2N4O2. The minimum absolute atomic E-state index is 0.261. The number of hydrogen-bond acceptors (Lipinski definition) is 4. The van der Waals surface area contributed by atoms with E-state index in [1.165, 1.54) is 6.33 Å². The molecule has 0 aliphatic rings. The van der Waals surface area contributed by atoms with Crippen molar-refractivity contribution in [1.82, 2.24) is 20.1 Å². The Bertz CT molecular complexity index is 1080. The Morgan fingerprint density at radius 2 is 1.96 bits per heavy atom. The van der Waals surface area contributed by atoms with E-state index in [0.29, 0.717) is 43.5 Å². The van der Waals surface area contributed by atoms with Crippen LogP contribution in [0.15, 0.2) is 46.2 Å². The fraction of sp³-hybridized carbons (Fsp3) is 0. The van der Waals surface area contributed by atoms with E-state index in [1.54, 1.807) is 24.5 Å². The first-order chi connectivity index (χ1) is 11.2. The third-order valence-electron chi connectivity index (χ3n) is 3.53. The number of aromatic nitrogens is 4. The summed E-state index contributed by atoms with van der Waals surface area (Å²) in [5.41, 5.74) is 2.57. The summed E-state index contributed by atoms with van der Waals surface area (Å²) in [5, 5.41) is 4.69. The van der Waals surface area contributed by atoms with Crippen molar-refractivity contribution in [2.75, 3.05) is 0 Å². The van der Waals surface area contributed by atoms with Crippen molar-refractivity contribution in [1.29, 1.82) is 0 Å². The van der Waals surface area contributed by atoms with Gasteiger partial charge in [0.15, 0.2) is 5.76 Å². The minimum Gasteiger partial charge on any atom is -0.355 e. The molecule has 4 aromatic rings. The molecule has 8 heteroatoms. The molecule has 0 aliphatic heterocycles. The van der Waals surface area contributed by atoms with Crippen LogP contribution in [0.4, 0.5) is 0 Å². The Hall–Kier alpha value is -2.57. The third-order valence-corrected chi connectivity index (χ3v) is 4.34. The number of nitrogens with one attached hydrogen (secondary N) is 2. The summed E-state index contributed by atoms with van der Waals surface area (Å²) in [4.78, 5) is 21.4. The standard InChI is InChI=1S/C15H8Cl2N4O2/c16-10-3-1-2-7(11(10)17)8-5-21-23-14(8)9-4-18-13-12(9)19-6-20-15(13)22/h1-6,18H,(H,19,20,22). The monoisotopic (exact) mass is 346 g/mol. The van der Waals surface area contributed by atoms with Gasteiger partial charge >= 0.3 is 0 Å². The lowest BCUT2D eigenvalue weighted by atomic mass is 10.0. The Kier molecular flexibility index (Phi) is 3.21. The van der Waals surface area contributed by atoms with Crippen molar-refractivity contribution in [2.45, 2.75) is 0 Å². The maximum absolute atomic E-state index is 11.8. The van der Waals surface area contributed by atoms with Crippen LogP contribution in [0.2, 0.25) is 10.0 Å². The SMILES string of the molecule is O=c1[nH]cnc2c(-c3oncc3-c3cccc(Cl)c3Cl)c[nH]c12. The molecule has 0 saturated heterocycles. The largest absolute Gasteiger partial charge is 0.355 e. The number of halogens is 2. The molecule has 2 N–H and O–H groups in total. The van der Waals surface area contributed by atoms with E-state index in [4.69, 9.17) is 27.7 Å². The van der Waals surface area contributed by atoms with E-state index >= 15 is 0 Å². The van der Waals surface area contributed by atoms with Gasteiger partial charge in [-0.3, -0.25) is 4.79 Å². The highest BCUT2D eigenvalue weighted by Crippen LogP contribution is 2.39. The first kappa shape index (κ1) is 14.0. The van der Waals surface area contributed by atoms with Crippen molar-refractivity contribution in [2.24, 2.45) is 0 Å². The smallest absolute Gasteiger partial charge is 0.275 e. The second-order valence-corrected chi connectivity index (χ2v) is 5.61. The number of aromatic amines is 2. The summed E-state index contributed by atoms with van der Waals surface area (Å²) < 4.78 is 5.38. The molecule has 1 aromatic carbocycles. The van der Waals surface area contributed by atoms with E-state index in [2.05, 4.69) is 20.1 Å². The number of hydrogen-bond donors (Lipinski definition) is 2. The third kappa shape index (κ3) is 2.15. The predicted molar refractivity (Wildman–Crippen MR) is 87.7 cm³/mol. The van der Waals surface area contributed by atoms with E-state index in [-0.39, 0.29) is 5.56 Å². The van der Waals surface area contributed by atoms with Gasteiger partial charge < -0.3 is 14.5 Å². The lowest BCUT2D eigenvalue weighted by Gasteiger charge is -2.04. The lowest BCUT2D eigenvalue weighted by molar-refractivity contribution is 0.433. The van der Waals surface area contributed by atoms with Gasteiger partial charge in [-0.15, -0.1) is 0 Å². The van der Waals surface area contributed by atoms with Crippen LogP contribution in [0.25, 0.3) is 33.5 Å². The number of benzene rings is 1. The highest BCUT2D eigenvalue weighted by atomic mass is 35.5. The molecule has 0 fully saturated rings. The summed E-state index contributed by atoms with van der Waals surface area (Å²) in [6.45, 7) is 0. The lowest BCUT2D eigenvalue weighted by Crippen LogP contribution is -2.05. The molecule has 6 nitrogen and oxygen atoms in total. The highest BCUT2D eigenvalue weighted by molar-refractivity contribution is 6.43. The van der Waals surface area contributed by atoms with Gasteiger partial charge in [0, 0.05) is 11.8 Å². The van der Waals surface area contributed by atoms with E-state index < -0.39 is 0 Å². The Balaban J connectivity index is 1.98. The van der Waals surface area contributed by atoms with E-state index in [1.807, 2.05) is 6.07 Å². The zero-order chi connectivity index (χ0) is 16.0. The van der Waals surface area contributed by atoms with Crippen LogP contribution in [-0.4, -0.2) is 20.1 Å². The highest BCUT2D eigenvalue weighted by Gasteiger charge is 2.20. The summed E-state index contributed by atoms with van der Waals surface area (Å²) >= 11 is 12.4. The Morgan fingerprint density at radius 1 is 1.09 bits per heavy atom. The topological polar surface area (TPSA) is 87.6 Å². The molecule has 0 unspecified atom stereocenters. The summed E-state index contributed by atoms with van der Waals surface area (Å²) in [6.07, 6.45) is 4.54. The van der Waals surface area contributed by atoms with E-state index in [0.717, 1.165) is 0 Å². The zero-order valence-electron chi connectivity index (χ0n) is 11.4. The zero-order valence-corrected chi connectivity index (χ0v) is 12.9. The summed E-state index contributed by atoms with van der Waals surface area (Å²) in [7, 11) is 0. The van der Waals surface area contributed by atoms with Crippen LogP contribution < -0.4 is 5.56 Å². The van der Waals surface area contributed by atoms with Gasteiger partial charge in [-0.05, 0) is 6.07 Å². The molecule has 3 aromatic heterocycles. The average molecular weight is 347 g/mol. The average Bonchev–Trinajstić information content (AvgIpc) is 3.16. The number of fused-ring (bicyclic) bond motifs is 1. The molecule has 0 radical (unpaired) electrons. The van der Waals surface area contributed by atoms with Gasteiger partial charge in [-0.1, -0.05) is 40.5 Å². The van der Waals surface area contributed by atoms with Crippen LogP contribution in [0, 0.1) is 0 Å².